The van der Waals surface area contributed by atoms with E-state index in [9.17, 15) is 9.59 Å². The summed E-state index contributed by atoms with van der Waals surface area (Å²) in [5, 5.41) is 0.353. The fourth-order valence-corrected chi connectivity index (χ4v) is 1.94. The molecule has 2 aromatic heterocycles. The molecular formula is C16H12O5. The van der Waals surface area contributed by atoms with Gasteiger partial charge in [0.1, 0.15) is 11.3 Å². The fourth-order valence-electron chi connectivity index (χ4n) is 1.94. The van der Waals surface area contributed by atoms with E-state index in [4.69, 9.17) is 13.6 Å². The van der Waals surface area contributed by atoms with Gasteiger partial charge in [-0.15, -0.1) is 0 Å². The first-order valence-electron chi connectivity index (χ1n) is 6.50. The summed E-state index contributed by atoms with van der Waals surface area (Å²) in [5.41, 5.74) is 0.183. The Hall–Kier alpha value is -2.82. The highest BCUT2D eigenvalue weighted by atomic mass is 16.5. The van der Waals surface area contributed by atoms with Crippen LogP contribution in [0.5, 0.6) is 5.75 Å². The van der Waals surface area contributed by atoms with Crippen molar-refractivity contribution < 1.29 is 18.4 Å². The molecule has 3 aromatic rings. The van der Waals surface area contributed by atoms with Crippen LogP contribution in [0.1, 0.15) is 13.3 Å². The van der Waals surface area contributed by atoms with Crippen LogP contribution in [0.4, 0.5) is 0 Å². The van der Waals surface area contributed by atoms with Crippen LogP contribution in [0.3, 0.4) is 0 Å². The molecule has 0 bridgehead atoms. The standard InChI is InChI=1S/C16H12O5/c1-2-16(18)20-10-5-6-13-11(8-10)12(17)9-15(21-13)14-4-3-7-19-14/h3-9H,2H2,1H3. The molecule has 0 unspecified atom stereocenters. The molecule has 2 heterocycles. The van der Waals surface area contributed by atoms with Crippen LogP contribution in [-0.4, -0.2) is 5.97 Å². The summed E-state index contributed by atoms with van der Waals surface area (Å²) in [7, 11) is 0. The first-order chi connectivity index (χ1) is 10.2. The fraction of sp³-hybridized carbons (Fsp3) is 0.125. The number of rotatable bonds is 3. The number of carbonyl (C=O) groups is 1. The van der Waals surface area contributed by atoms with Gasteiger partial charge in [-0.1, -0.05) is 6.92 Å². The maximum absolute atomic E-state index is 12.2. The molecule has 0 saturated carbocycles. The van der Waals surface area contributed by atoms with Gasteiger partial charge in [0.15, 0.2) is 16.9 Å². The predicted octanol–water partition coefficient (Wildman–Crippen LogP) is 3.37. The van der Waals surface area contributed by atoms with E-state index in [0.29, 0.717) is 28.2 Å². The highest BCUT2D eigenvalue weighted by molar-refractivity contribution is 5.81. The summed E-state index contributed by atoms with van der Waals surface area (Å²) < 4.78 is 15.9. The zero-order chi connectivity index (χ0) is 14.8. The van der Waals surface area contributed by atoms with Crippen LogP contribution < -0.4 is 10.2 Å². The maximum Gasteiger partial charge on any atom is 0.310 e. The summed E-state index contributed by atoms with van der Waals surface area (Å²) >= 11 is 0. The van der Waals surface area contributed by atoms with Gasteiger partial charge in [-0.25, -0.2) is 0 Å². The Morgan fingerprint density at radius 2 is 2.05 bits per heavy atom. The molecule has 0 saturated heterocycles. The zero-order valence-electron chi connectivity index (χ0n) is 11.3. The number of benzene rings is 1. The Balaban J connectivity index is 2.07. The second kappa shape index (κ2) is 5.28. The number of esters is 1. The Bertz CT molecular complexity index is 843. The minimum Gasteiger partial charge on any atom is -0.461 e. The molecule has 106 valence electrons. The van der Waals surface area contributed by atoms with Crippen molar-refractivity contribution in [3.8, 4) is 17.3 Å². The molecule has 1 aromatic carbocycles. The van der Waals surface area contributed by atoms with Crippen LogP contribution >= 0.6 is 0 Å². The minimum atomic E-state index is -0.356. The van der Waals surface area contributed by atoms with Gasteiger partial charge in [-0.3, -0.25) is 9.59 Å². The summed E-state index contributed by atoms with van der Waals surface area (Å²) in [5.74, 6) is 0.810. The number of carbonyl (C=O) groups excluding carboxylic acids is 1. The second-order valence-corrected chi connectivity index (χ2v) is 4.44. The summed E-state index contributed by atoms with van der Waals surface area (Å²) in [6, 6.07) is 9.47. The Kier molecular flexibility index (Phi) is 3.31. The number of ether oxygens (including phenoxy) is 1. The van der Waals surface area contributed by atoms with Crippen LogP contribution in [0.15, 0.2) is 56.3 Å². The van der Waals surface area contributed by atoms with Gasteiger partial charge in [0.25, 0.3) is 0 Å². The van der Waals surface area contributed by atoms with Gasteiger partial charge in [0.05, 0.1) is 11.6 Å². The van der Waals surface area contributed by atoms with E-state index in [1.807, 2.05) is 0 Å². The van der Waals surface area contributed by atoms with Crippen molar-refractivity contribution in [1.29, 1.82) is 0 Å². The van der Waals surface area contributed by atoms with Gasteiger partial charge >= 0.3 is 5.97 Å². The maximum atomic E-state index is 12.2. The van der Waals surface area contributed by atoms with E-state index >= 15 is 0 Å². The van der Waals surface area contributed by atoms with Gasteiger partial charge in [0.2, 0.25) is 0 Å². The third-order valence-corrected chi connectivity index (χ3v) is 2.98. The second-order valence-electron chi connectivity index (χ2n) is 4.44. The van der Waals surface area contributed by atoms with Crippen molar-refractivity contribution in [3.05, 3.63) is 52.9 Å². The molecule has 0 fully saturated rings. The molecule has 0 radical (unpaired) electrons. The smallest absolute Gasteiger partial charge is 0.310 e. The topological polar surface area (TPSA) is 69.7 Å². The zero-order valence-corrected chi connectivity index (χ0v) is 11.3. The van der Waals surface area contributed by atoms with E-state index in [2.05, 4.69) is 0 Å². The van der Waals surface area contributed by atoms with E-state index < -0.39 is 0 Å². The first-order valence-corrected chi connectivity index (χ1v) is 6.50. The van der Waals surface area contributed by atoms with Crippen molar-refractivity contribution >= 4 is 16.9 Å². The van der Waals surface area contributed by atoms with Crippen LogP contribution in [0.2, 0.25) is 0 Å². The molecule has 0 aliphatic rings. The van der Waals surface area contributed by atoms with Crippen LogP contribution in [-0.2, 0) is 4.79 Å². The summed E-state index contributed by atoms with van der Waals surface area (Å²) in [6.07, 6.45) is 1.77. The molecule has 0 aliphatic carbocycles. The Labute approximate surface area is 119 Å². The van der Waals surface area contributed by atoms with Crippen LogP contribution in [0.25, 0.3) is 22.5 Å². The lowest BCUT2D eigenvalue weighted by molar-refractivity contribution is -0.134. The Morgan fingerprint density at radius 1 is 1.19 bits per heavy atom. The van der Waals surface area contributed by atoms with Crippen molar-refractivity contribution in [2.45, 2.75) is 13.3 Å². The van der Waals surface area contributed by atoms with E-state index in [0.717, 1.165) is 0 Å². The average Bonchev–Trinajstić information content (AvgIpc) is 3.02. The lowest BCUT2D eigenvalue weighted by Gasteiger charge is -2.04. The van der Waals surface area contributed by atoms with Crippen molar-refractivity contribution in [3.63, 3.8) is 0 Å². The normalized spacial score (nSPS) is 10.7. The molecule has 0 aliphatic heterocycles. The van der Waals surface area contributed by atoms with Crippen molar-refractivity contribution in [1.82, 2.24) is 0 Å². The molecular weight excluding hydrogens is 272 g/mol. The van der Waals surface area contributed by atoms with Gasteiger partial charge in [0, 0.05) is 12.5 Å². The highest BCUT2D eigenvalue weighted by Crippen LogP contribution is 2.24. The summed E-state index contributed by atoms with van der Waals surface area (Å²) in [6.45, 7) is 1.70. The minimum absolute atomic E-state index is 0.225. The molecule has 0 N–H and O–H groups in total. The van der Waals surface area contributed by atoms with E-state index in [1.54, 1.807) is 31.2 Å². The number of hydrogen-bond acceptors (Lipinski definition) is 5. The van der Waals surface area contributed by atoms with Gasteiger partial charge < -0.3 is 13.6 Å². The van der Waals surface area contributed by atoms with E-state index in [-0.39, 0.29) is 17.8 Å². The Morgan fingerprint density at radius 3 is 2.76 bits per heavy atom. The lowest BCUT2D eigenvalue weighted by Crippen LogP contribution is -2.06. The number of hydrogen-bond donors (Lipinski definition) is 0. The lowest BCUT2D eigenvalue weighted by atomic mass is 10.2. The SMILES string of the molecule is CCC(=O)Oc1ccc2oc(-c3ccco3)cc(=O)c2c1. The van der Waals surface area contributed by atoms with Crippen LogP contribution in [0, 0.1) is 0 Å². The van der Waals surface area contributed by atoms with Crippen molar-refractivity contribution in [2.75, 3.05) is 0 Å². The molecule has 0 spiro atoms. The summed E-state index contributed by atoms with van der Waals surface area (Å²) in [4.78, 5) is 23.4. The van der Waals surface area contributed by atoms with E-state index in [1.165, 1.54) is 18.4 Å². The number of furan rings is 1. The van der Waals surface area contributed by atoms with Gasteiger partial charge in [-0.2, -0.15) is 0 Å². The largest absolute Gasteiger partial charge is 0.461 e. The number of fused-ring (bicyclic) bond motifs is 1. The quantitative estimate of drug-likeness (QED) is 0.544. The molecule has 21 heavy (non-hydrogen) atoms. The monoisotopic (exact) mass is 284 g/mol. The highest BCUT2D eigenvalue weighted by Gasteiger charge is 2.10. The molecule has 5 heteroatoms. The van der Waals surface area contributed by atoms with Crippen molar-refractivity contribution in [2.24, 2.45) is 0 Å². The predicted molar refractivity (Wildman–Crippen MR) is 76.1 cm³/mol. The molecule has 0 atom stereocenters. The third-order valence-electron chi connectivity index (χ3n) is 2.98. The molecule has 5 nitrogen and oxygen atoms in total. The molecule has 0 amide bonds. The third kappa shape index (κ3) is 2.58. The molecule has 3 rings (SSSR count). The average molecular weight is 284 g/mol. The van der Waals surface area contributed by atoms with Gasteiger partial charge in [-0.05, 0) is 30.3 Å². The first kappa shape index (κ1) is 13.2.